The van der Waals surface area contributed by atoms with Crippen LogP contribution in [0.1, 0.15) is 0 Å². The molecule has 0 aliphatic carbocycles. The van der Waals surface area contributed by atoms with Gasteiger partial charge in [0.2, 0.25) is 11.6 Å². The summed E-state index contributed by atoms with van der Waals surface area (Å²) in [5, 5.41) is 42.1. The lowest BCUT2D eigenvalue weighted by Crippen LogP contribution is -2.28. The first-order chi connectivity index (χ1) is 34.2. The molecule has 4 atom stereocenters. The molecular weight excluding hydrogens is 1000 g/mol. The van der Waals surface area contributed by atoms with Gasteiger partial charge < -0.3 is 48.7 Å². The molecule has 6 aromatic rings. The number of anilines is 2. The zero-order chi connectivity index (χ0) is 51.7. The number of aromatic nitrogens is 10. The van der Waals surface area contributed by atoms with Crippen molar-refractivity contribution in [2.45, 2.75) is 24.4 Å². The van der Waals surface area contributed by atoms with Crippen LogP contribution in [0.15, 0.2) is 73.1 Å². The van der Waals surface area contributed by atoms with Crippen molar-refractivity contribution in [2.24, 2.45) is 14.1 Å². The first-order valence-corrected chi connectivity index (χ1v) is 24.1. The molecule has 2 amide bonds. The molecule has 0 bridgehead atoms. The van der Waals surface area contributed by atoms with E-state index in [-0.39, 0.29) is 62.0 Å². The Morgan fingerprint density at radius 3 is 1.54 bits per heavy atom. The normalized spacial score (nSPS) is 16.9. The summed E-state index contributed by atoms with van der Waals surface area (Å²) in [5.41, 5.74) is 3.11. The minimum Gasteiger partial charge on any atom is -0.441 e. The Morgan fingerprint density at radius 1 is 0.694 bits per heavy atom. The maximum atomic E-state index is 14.9. The average Bonchev–Trinajstić information content (AvgIpc) is 4.15. The molecule has 8 rings (SSSR count). The Labute approximate surface area is 405 Å². The highest BCUT2D eigenvalue weighted by Gasteiger charge is 2.35. The standard InChI is InChI=1S/2C20H22FN6O8P/c1-26-24-19(23-25-26)18-5-2-12(7-22-18)16-4-3-13(6-17(16)21)27-8-15(35-20(27)29)11-33-9-14(28)10-34-36(30,31)32;1-26-24-19(23-25-26)18-5-2-12(7-22-18)16-4-3-13(6-17(16)21)27-8-14(34-20(27)29)10-33-11-15(9-28)35-36(30,31)32/h2*2-7,14-15,28H,8-11H2,1H3,(H2,30,31,32). The number of rotatable bonds is 20. The van der Waals surface area contributed by atoms with E-state index < -0.39 is 77.1 Å². The molecule has 384 valence electrons. The van der Waals surface area contributed by atoms with Crippen molar-refractivity contribution in [3.8, 4) is 45.3 Å². The summed E-state index contributed by atoms with van der Waals surface area (Å²) in [6, 6.07) is 15.2. The average molecular weight is 1050 g/mol. The number of nitrogens with zero attached hydrogens (tertiary/aromatic N) is 12. The second-order valence-corrected chi connectivity index (χ2v) is 18.0. The van der Waals surface area contributed by atoms with Crippen LogP contribution in [0.2, 0.25) is 0 Å². The van der Waals surface area contributed by atoms with Gasteiger partial charge in [0.1, 0.15) is 47.4 Å². The van der Waals surface area contributed by atoms with E-state index in [1.54, 1.807) is 50.5 Å². The predicted octanol–water partition coefficient (Wildman–Crippen LogP) is 1.78. The number of carbonyl (C=O) groups is 2. The molecule has 2 fully saturated rings. The predicted molar refractivity (Wildman–Crippen MR) is 240 cm³/mol. The fourth-order valence-electron chi connectivity index (χ4n) is 6.80. The lowest BCUT2D eigenvalue weighted by molar-refractivity contribution is -0.0182. The molecule has 0 radical (unpaired) electrons. The zero-order valence-corrected chi connectivity index (χ0v) is 39.5. The molecule has 72 heavy (non-hydrogen) atoms. The van der Waals surface area contributed by atoms with Gasteiger partial charge in [0, 0.05) is 34.6 Å². The SMILES string of the molecule is Cn1nnc(-c2ccc(-c3ccc(N4CC(COCC(CO)OP(=O)(O)O)OC4=O)cc3F)cn2)n1.Cn1nnc(-c2ccc(-c3ccc(N4CC(COCC(O)COP(=O)(O)O)OC4=O)cc3F)cn2)n1. The summed E-state index contributed by atoms with van der Waals surface area (Å²) >= 11 is 0. The monoisotopic (exact) mass is 1050 g/mol. The summed E-state index contributed by atoms with van der Waals surface area (Å²) < 4.78 is 80.8. The van der Waals surface area contributed by atoms with Crippen LogP contribution < -0.4 is 9.80 Å². The van der Waals surface area contributed by atoms with Crippen molar-refractivity contribution in [3.63, 3.8) is 0 Å². The van der Waals surface area contributed by atoms with E-state index in [2.05, 4.69) is 49.8 Å². The fourth-order valence-corrected chi connectivity index (χ4v) is 7.69. The molecule has 32 heteroatoms. The molecule has 2 aliphatic rings. The van der Waals surface area contributed by atoms with Gasteiger partial charge in [-0.25, -0.2) is 27.5 Å². The van der Waals surface area contributed by atoms with Crippen LogP contribution in [0.3, 0.4) is 0 Å². The summed E-state index contributed by atoms with van der Waals surface area (Å²) in [7, 11) is -6.23. The number of ether oxygens (including phenoxy) is 4. The first-order valence-electron chi connectivity index (χ1n) is 21.1. The molecule has 4 unspecified atom stereocenters. The van der Waals surface area contributed by atoms with Gasteiger partial charge >= 0.3 is 27.8 Å². The Hall–Kier alpha value is -6.66. The van der Waals surface area contributed by atoms with Crippen LogP contribution in [0.25, 0.3) is 45.3 Å². The van der Waals surface area contributed by atoms with Crippen molar-refractivity contribution in [2.75, 3.05) is 62.5 Å². The molecule has 6 N–H and O–H groups in total. The van der Waals surface area contributed by atoms with Crippen LogP contribution >= 0.6 is 15.6 Å². The molecular formula is C40H44F2N12O16P2. The van der Waals surface area contributed by atoms with Crippen LogP contribution in [-0.4, -0.2) is 170 Å². The second-order valence-electron chi connectivity index (χ2n) is 15.5. The maximum absolute atomic E-state index is 14.9. The number of hydrogen-bond donors (Lipinski definition) is 6. The number of halogens is 2. The van der Waals surface area contributed by atoms with Crippen LogP contribution in [0.5, 0.6) is 0 Å². The van der Waals surface area contributed by atoms with Crippen molar-refractivity contribution in [3.05, 3.63) is 84.7 Å². The molecule has 6 heterocycles. The van der Waals surface area contributed by atoms with Crippen LogP contribution in [0.4, 0.5) is 29.7 Å². The molecule has 0 spiro atoms. The van der Waals surface area contributed by atoms with Gasteiger partial charge in [0.05, 0.1) is 78.2 Å². The smallest absolute Gasteiger partial charge is 0.441 e. The van der Waals surface area contributed by atoms with Gasteiger partial charge in [0.15, 0.2) is 0 Å². The Kier molecular flexibility index (Phi) is 17.2. The van der Waals surface area contributed by atoms with E-state index in [9.17, 15) is 32.6 Å². The van der Waals surface area contributed by atoms with Crippen molar-refractivity contribution in [1.82, 2.24) is 50.4 Å². The highest BCUT2D eigenvalue weighted by atomic mass is 31.2. The van der Waals surface area contributed by atoms with Crippen molar-refractivity contribution < 1.29 is 85.3 Å². The number of phosphoric ester groups is 2. The number of pyridine rings is 2. The lowest BCUT2D eigenvalue weighted by Gasteiger charge is -2.17. The summed E-state index contributed by atoms with van der Waals surface area (Å²) in [5.74, 6) is -0.463. The minimum absolute atomic E-state index is 0.0577. The van der Waals surface area contributed by atoms with E-state index >= 15 is 0 Å². The molecule has 28 nitrogen and oxygen atoms in total. The highest BCUT2D eigenvalue weighted by molar-refractivity contribution is 7.46. The third kappa shape index (κ3) is 14.5. The van der Waals surface area contributed by atoms with Gasteiger partial charge in [-0.05, 0) is 59.0 Å². The van der Waals surface area contributed by atoms with Crippen LogP contribution in [0, 0.1) is 11.6 Å². The van der Waals surface area contributed by atoms with E-state index in [1.807, 2.05) is 0 Å². The first kappa shape index (κ1) is 53.1. The van der Waals surface area contributed by atoms with E-state index in [0.29, 0.717) is 34.2 Å². The topological polar surface area (TPSA) is 364 Å². The Bertz CT molecular complexity index is 2930. The fraction of sp³-hybridized carbons (Fsp3) is 0.350. The largest absolute Gasteiger partial charge is 0.470 e. The number of carbonyl (C=O) groups excluding carboxylic acids is 2. The van der Waals surface area contributed by atoms with E-state index in [1.165, 1.54) is 56.1 Å². The minimum atomic E-state index is -4.79. The molecule has 4 aromatic heterocycles. The van der Waals surface area contributed by atoms with Gasteiger partial charge in [0.25, 0.3) is 0 Å². The summed E-state index contributed by atoms with van der Waals surface area (Å²) in [6.45, 7) is -2.01. The highest BCUT2D eigenvalue weighted by Crippen LogP contribution is 2.38. The van der Waals surface area contributed by atoms with Gasteiger partial charge in [-0.15, -0.1) is 20.4 Å². The third-order valence-corrected chi connectivity index (χ3v) is 11.1. The summed E-state index contributed by atoms with van der Waals surface area (Å²) in [4.78, 5) is 73.0. The molecule has 2 saturated heterocycles. The number of aryl methyl sites for hydroxylation is 2. The number of benzene rings is 2. The number of hydrogen-bond acceptors (Lipinski definition) is 20. The quantitative estimate of drug-likeness (QED) is 0.0593. The number of aliphatic hydroxyl groups excluding tert-OH is 2. The molecule has 2 aliphatic heterocycles. The second kappa shape index (κ2) is 23.3. The molecule has 2 aromatic carbocycles. The Balaban J connectivity index is 0.000000211. The maximum Gasteiger partial charge on any atom is 0.470 e. The number of aliphatic hydroxyl groups is 2. The number of tetrazole rings is 2. The summed E-state index contributed by atoms with van der Waals surface area (Å²) in [6.07, 6.45) is -2.37. The van der Waals surface area contributed by atoms with Gasteiger partial charge in [-0.1, -0.05) is 12.1 Å². The van der Waals surface area contributed by atoms with Gasteiger partial charge in [-0.2, -0.15) is 9.59 Å². The van der Waals surface area contributed by atoms with Crippen molar-refractivity contribution in [1.29, 1.82) is 0 Å². The third-order valence-electron chi connectivity index (χ3n) is 10.0. The van der Waals surface area contributed by atoms with Crippen molar-refractivity contribution >= 4 is 39.2 Å². The zero-order valence-electron chi connectivity index (χ0n) is 37.7. The van der Waals surface area contributed by atoms with Crippen LogP contribution in [-0.2, 0) is 51.2 Å². The lowest BCUT2D eigenvalue weighted by atomic mass is 10.1. The number of cyclic esters (lactones) is 2. The van der Waals surface area contributed by atoms with E-state index in [0.717, 1.165) is 0 Å². The Morgan fingerprint density at radius 2 is 1.17 bits per heavy atom. The van der Waals surface area contributed by atoms with E-state index in [4.69, 9.17) is 43.6 Å². The molecule has 0 saturated carbocycles. The number of phosphoric acid groups is 2. The van der Waals surface area contributed by atoms with Gasteiger partial charge in [-0.3, -0.25) is 28.8 Å². The number of amides is 2.